The first-order valence-corrected chi connectivity index (χ1v) is 3.43. The molecule has 0 N–H and O–H groups in total. The summed E-state index contributed by atoms with van der Waals surface area (Å²) in [5.41, 5.74) is -0.459. The number of hydrogen-bond acceptors (Lipinski definition) is 3. The number of halogens is 1. The maximum atomic E-state index is 11.0. The van der Waals surface area contributed by atoms with E-state index in [4.69, 9.17) is 21.6 Å². The first kappa shape index (κ1) is 8.62. The van der Waals surface area contributed by atoms with Gasteiger partial charge in [0.1, 0.15) is 10.8 Å². The van der Waals surface area contributed by atoms with Crippen molar-refractivity contribution in [2.24, 2.45) is 0 Å². The summed E-state index contributed by atoms with van der Waals surface area (Å²) in [6, 6.07) is 1.16. The molecule has 0 saturated heterocycles. The van der Waals surface area contributed by atoms with E-state index >= 15 is 0 Å². The molecular formula is C7H5ClN2O2. The number of hydrogen-bond donors (Lipinski definition) is 0. The van der Waals surface area contributed by atoms with Gasteiger partial charge in [-0.3, -0.25) is 4.79 Å². The third-order valence-electron chi connectivity index (χ3n) is 1.30. The van der Waals surface area contributed by atoms with E-state index in [-0.39, 0.29) is 10.8 Å². The van der Waals surface area contributed by atoms with Crippen LogP contribution in [0.1, 0.15) is 0 Å². The van der Waals surface area contributed by atoms with Crippen LogP contribution in [0.3, 0.4) is 0 Å². The lowest BCUT2D eigenvalue weighted by atomic mass is 10.4. The summed E-state index contributed by atoms with van der Waals surface area (Å²) in [7, 11) is 1.40. The molecule has 0 bridgehead atoms. The summed E-state index contributed by atoms with van der Waals surface area (Å²) in [5, 5.41) is 8.65. The second-order valence-corrected chi connectivity index (χ2v) is 2.41. The van der Waals surface area contributed by atoms with Crippen molar-refractivity contribution in [1.82, 2.24) is 4.57 Å². The second kappa shape index (κ2) is 3.28. The zero-order valence-electron chi connectivity index (χ0n) is 6.24. The molecule has 0 unspecified atom stereocenters. The molecule has 0 radical (unpaired) electrons. The van der Waals surface area contributed by atoms with Gasteiger partial charge in [-0.25, -0.2) is 4.57 Å². The molecule has 0 atom stereocenters. The van der Waals surface area contributed by atoms with Crippen LogP contribution in [0.25, 0.3) is 0 Å². The van der Waals surface area contributed by atoms with E-state index in [0.717, 1.165) is 10.6 Å². The highest BCUT2D eigenvalue weighted by molar-refractivity contribution is 6.31. The van der Waals surface area contributed by atoms with Crippen molar-refractivity contribution >= 4 is 11.6 Å². The van der Waals surface area contributed by atoms with Gasteiger partial charge < -0.3 is 4.74 Å². The fourth-order valence-corrected chi connectivity index (χ4v) is 0.955. The number of rotatable bonds is 1. The van der Waals surface area contributed by atoms with E-state index in [2.05, 4.69) is 0 Å². The maximum Gasteiger partial charge on any atom is 0.267 e. The molecule has 0 aromatic carbocycles. The van der Waals surface area contributed by atoms with Crippen LogP contribution in [0.15, 0.2) is 17.1 Å². The van der Waals surface area contributed by atoms with E-state index < -0.39 is 5.56 Å². The molecule has 0 aliphatic heterocycles. The van der Waals surface area contributed by atoms with E-state index in [1.165, 1.54) is 13.3 Å². The predicted molar refractivity (Wildman–Crippen MR) is 43.3 cm³/mol. The molecule has 0 fully saturated rings. The molecule has 1 heterocycles. The van der Waals surface area contributed by atoms with Gasteiger partial charge in [-0.2, -0.15) is 5.26 Å². The fourth-order valence-electron chi connectivity index (χ4n) is 0.726. The number of nitriles is 1. The highest BCUT2D eigenvalue weighted by Crippen LogP contribution is 2.20. The zero-order valence-corrected chi connectivity index (χ0v) is 7.00. The molecule has 12 heavy (non-hydrogen) atoms. The first-order valence-electron chi connectivity index (χ1n) is 3.05. The van der Waals surface area contributed by atoms with Gasteiger partial charge in [-0.05, 0) is 0 Å². The molecule has 62 valence electrons. The third-order valence-corrected chi connectivity index (χ3v) is 1.58. The fraction of sp³-hybridized carbons (Fsp3) is 0.143. The third kappa shape index (κ3) is 1.41. The highest BCUT2D eigenvalue weighted by Gasteiger charge is 2.03. The van der Waals surface area contributed by atoms with Crippen molar-refractivity contribution in [3.63, 3.8) is 0 Å². The molecule has 1 rings (SSSR count). The van der Waals surface area contributed by atoms with Crippen LogP contribution in [0.5, 0.6) is 5.75 Å². The number of methoxy groups -OCH3 is 1. The smallest absolute Gasteiger partial charge is 0.267 e. The van der Waals surface area contributed by atoms with Gasteiger partial charge in [0.25, 0.3) is 5.56 Å². The Kier molecular flexibility index (Phi) is 2.36. The Hall–Kier alpha value is -1.47. The van der Waals surface area contributed by atoms with Crippen molar-refractivity contribution in [3.8, 4) is 11.9 Å². The first-order chi connectivity index (χ1) is 5.69. The second-order valence-electron chi connectivity index (χ2n) is 2.00. The van der Waals surface area contributed by atoms with E-state index in [1.807, 2.05) is 0 Å². The van der Waals surface area contributed by atoms with Crippen molar-refractivity contribution < 1.29 is 4.74 Å². The van der Waals surface area contributed by atoms with Crippen LogP contribution in [0.4, 0.5) is 0 Å². The molecule has 0 aliphatic carbocycles. The van der Waals surface area contributed by atoms with Crippen molar-refractivity contribution in [2.75, 3.05) is 7.11 Å². The normalized spacial score (nSPS) is 9.08. The summed E-state index contributed by atoms with van der Waals surface area (Å²) in [6.45, 7) is 0. The lowest BCUT2D eigenvalue weighted by molar-refractivity contribution is 0.413. The van der Waals surface area contributed by atoms with Gasteiger partial charge in [0.15, 0.2) is 6.19 Å². The summed E-state index contributed by atoms with van der Waals surface area (Å²) >= 11 is 5.64. The van der Waals surface area contributed by atoms with Crippen LogP contribution >= 0.6 is 11.6 Å². The average molecular weight is 185 g/mol. The Balaban J connectivity index is 3.39. The molecule has 0 amide bonds. The summed E-state index contributed by atoms with van der Waals surface area (Å²) in [5.74, 6) is 0.271. The highest BCUT2D eigenvalue weighted by atomic mass is 35.5. The topological polar surface area (TPSA) is 55.0 Å². The number of ether oxygens (including phenoxy) is 1. The van der Waals surface area contributed by atoms with Gasteiger partial charge in [0.05, 0.1) is 7.11 Å². The Morgan fingerprint density at radius 2 is 2.42 bits per heavy atom. The van der Waals surface area contributed by atoms with Gasteiger partial charge in [0, 0.05) is 12.3 Å². The molecule has 4 nitrogen and oxygen atoms in total. The number of nitrogens with zero attached hydrogens (tertiary/aromatic N) is 2. The van der Waals surface area contributed by atoms with Crippen LogP contribution in [-0.2, 0) is 0 Å². The Morgan fingerprint density at radius 1 is 1.75 bits per heavy atom. The van der Waals surface area contributed by atoms with Gasteiger partial charge in [0.2, 0.25) is 0 Å². The lowest BCUT2D eigenvalue weighted by Crippen LogP contribution is -2.14. The Bertz CT molecular complexity index is 391. The van der Waals surface area contributed by atoms with Crippen molar-refractivity contribution in [2.45, 2.75) is 0 Å². The minimum atomic E-state index is -0.459. The lowest BCUT2D eigenvalue weighted by Gasteiger charge is -2.01. The predicted octanol–water partition coefficient (Wildman–Crippen LogP) is 0.839. The number of pyridine rings is 1. The molecule has 0 spiro atoms. The van der Waals surface area contributed by atoms with Crippen molar-refractivity contribution in [1.29, 1.82) is 5.26 Å². The average Bonchev–Trinajstić information content (AvgIpc) is 2.08. The minimum absolute atomic E-state index is 0.235. The Morgan fingerprint density at radius 3 is 2.92 bits per heavy atom. The van der Waals surface area contributed by atoms with Crippen LogP contribution in [0.2, 0.25) is 5.02 Å². The van der Waals surface area contributed by atoms with Crippen LogP contribution in [-0.4, -0.2) is 11.7 Å². The van der Waals surface area contributed by atoms with Gasteiger partial charge in [-0.1, -0.05) is 11.6 Å². The monoisotopic (exact) mass is 184 g/mol. The molecule has 0 aliphatic rings. The Labute approximate surface area is 73.6 Å². The molecule has 1 aromatic heterocycles. The number of aromatic nitrogens is 1. The summed E-state index contributed by atoms with van der Waals surface area (Å²) < 4.78 is 5.59. The standard InChI is InChI=1S/C7H5ClN2O2/c1-12-6-2-7(11)10(4-9)3-5(6)8/h2-3H,1H3. The molecule has 1 aromatic rings. The minimum Gasteiger partial charge on any atom is -0.495 e. The molecule has 5 heteroatoms. The maximum absolute atomic E-state index is 11.0. The van der Waals surface area contributed by atoms with Crippen LogP contribution < -0.4 is 10.3 Å². The van der Waals surface area contributed by atoms with Gasteiger partial charge in [-0.15, -0.1) is 0 Å². The zero-order chi connectivity index (χ0) is 9.14. The molecule has 0 saturated carbocycles. The SMILES string of the molecule is COc1cc(=O)n(C#N)cc1Cl. The van der Waals surface area contributed by atoms with Crippen LogP contribution in [0, 0.1) is 11.5 Å². The largest absolute Gasteiger partial charge is 0.495 e. The molecular weight excluding hydrogens is 180 g/mol. The summed E-state index contributed by atoms with van der Waals surface area (Å²) in [6.07, 6.45) is 2.86. The quantitative estimate of drug-likeness (QED) is 0.650. The summed E-state index contributed by atoms with van der Waals surface area (Å²) in [4.78, 5) is 11.0. The van der Waals surface area contributed by atoms with E-state index in [1.54, 1.807) is 6.19 Å². The van der Waals surface area contributed by atoms with E-state index in [0.29, 0.717) is 0 Å². The van der Waals surface area contributed by atoms with Crippen molar-refractivity contribution in [3.05, 3.63) is 27.6 Å². The van der Waals surface area contributed by atoms with Gasteiger partial charge >= 0.3 is 0 Å². The van der Waals surface area contributed by atoms with E-state index in [9.17, 15) is 4.79 Å².